The number of nitrogen functional groups attached to an aromatic ring is 1. The second-order valence-electron chi connectivity index (χ2n) is 6.09. The van der Waals surface area contributed by atoms with Gasteiger partial charge in [-0.05, 0) is 57.5 Å². The lowest BCUT2D eigenvalue weighted by atomic mass is 10.2. The van der Waals surface area contributed by atoms with Crippen LogP contribution in [0.3, 0.4) is 0 Å². The molecule has 0 aliphatic heterocycles. The van der Waals surface area contributed by atoms with Gasteiger partial charge in [0, 0.05) is 24.0 Å². The van der Waals surface area contributed by atoms with Crippen LogP contribution in [0.15, 0.2) is 42.5 Å². The van der Waals surface area contributed by atoms with Crippen molar-refractivity contribution < 1.29 is 9.47 Å². The summed E-state index contributed by atoms with van der Waals surface area (Å²) in [7, 11) is 0. The number of ether oxygens (including phenoxy) is 2. The lowest BCUT2D eigenvalue weighted by molar-refractivity contribution is 0.199. The van der Waals surface area contributed by atoms with Crippen LogP contribution in [-0.4, -0.2) is 12.2 Å². The normalized spacial score (nSPS) is 10.9. The van der Waals surface area contributed by atoms with Crippen LogP contribution < -0.4 is 20.5 Å². The number of nitrogens with one attached hydrogen (secondary N) is 1. The predicted molar refractivity (Wildman–Crippen MR) is 96.2 cm³/mol. The molecule has 4 heteroatoms. The molecule has 2 aromatic rings. The average molecular weight is 314 g/mol. The average Bonchev–Trinajstić information content (AvgIpc) is 2.48. The van der Waals surface area contributed by atoms with Crippen LogP contribution in [0, 0.1) is 0 Å². The van der Waals surface area contributed by atoms with Crippen molar-refractivity contribution in [1.29, 1.82) is 0 Å². The number of nitrogens with two attached hydrogens (primary N) is 1. The number of anilines is 2. The van der Waals surface area contributed by atoms with Gasteiger partial charge in [-0.2, -0.15) is 0 Å². The zero-order chi connectivity index (χ0) is 16.8. The van der Waals surface area contributed by atoms with Gasteiger partial charge in [0.2, 0.25) is 0 Å². The van der Waals surface area contributed by atoms with Crippen LogP contribution in [0.2, 0.25) is 0 Å². The smallest absolute Gasteiger partial charge is 0.163 e. The molecule has 0 aromatic heterocycles. The van der Waals surface area contributed by atoms with Crippen molar-refractivity contribution >= 4 is 11.4 Å². The third-order valence-corrected chi connectivity index (χ3v) is 3.15. The molecule has 0 radical (unpaired) electrons. The lowest BCUT2D eigenvalue weighted by Gasteiger charge is -2.18. The van der Waals surface area contributed by atoms with E-state index in [4.69, 9.17) is 15.2 Å². The Morgan fingerprint density at radius 2 is 1.48 bits per heavy atom. The van der Waals surface area contributed by atoms with Crippen LogP contribution in [-0.2, 0) is 6.54 Å². The van der Waals surface area contributed by atoms with E-state index in [0.29, 0.717) is 0 Å². The van der Waals surface area contributed by atoms with Gasteiger partial charge in [-0.25, -0.2) is 0 Å². The summed E-state index contributed by atoms with van der Waals surface area (Å²) >= 11 is 0. The molecule has 3 N–H and O–H groups in total. The van der Waals surface area contributed by atoms with Gasteiger partial charge in [0.1, 0.15) is 0 Å². The summed E-state index contributed by atoms with van der Waals surface area (Å²) in [4.78, 5) is 0. The molecular weight excluding hydrogens is 288 g/mol. The van der Waals surface area contributed by atoms with E-state index in [1.54, 1.807) is 0 Å². The van der Waals surface area contributed by atoms with Crippen molar-refractivity contribution in [2.24, 2.45) is 0 Å². The zero-order valence-electron chi connectivity index (χ0n) is 14.3. The molecule has 0 saturated heterocycles. The van der Waals surface area contributed by atoms with Gasteiger partial charge < -0.3 is 20.5 Å². The first kappa shape index (κ1) is 17.0. The van der Waals surface area contributed by atoms with Crippen LogP contribution in [0.5, 0.6) is 11.5 Å². The molecule has 23 heavy (non-hydrogen) atoms. The maximum Gasteiger partial charge on any atom is 0.163 e. The Morgan fingerprint density at radius 3 is 2.09 bits per heavy atom. The Hall–Kier alpha value is -2.36. The molecule has 0 amide bonds. The zero-order valence-corrected chi connectivity index (χ0v) is 14.3. The highest BCUT2D eigenvalue weighted by Crippen LogP contribution is 2.32. The first-order valence-electron chi connectivity index (χ1n) is 7.99. The largest absolute Gasteiger partial charge is 0.487 e. The molecule has 0 saturated carbocycles. The van der Waals surface area contributed by atoms with E-state index in [1.807, 2.05) is 70.2 Å². The second kappa shape index (κ2) is 7.77. The van der Waals surface area contributed by atoms with E-state index in [-0.39, 0.29) is 12.2 Å². The Morgan fingerprint density at radius 1 is 0.870 bits per heavy atom. The van der Waals surface area contributed by atoms with Crippen molar-refractivity contribution in [2.45, 2.75) is 46.4 Å². The summed E-state index contributed by atoms with van der Waals surface area (Å²) in [6.07, 6.45) is 0.204. The molecule has 0 aliphatic carbocycles. The van der Waals surface area contributed by atoms with E-state index >= 15 is 0 Å². The predicted octanol–water partition coefficient (Wildman–Crippen LogP) is 4.46. The van der Waals surface area contributed by atoms with E-state index in [2.05, 4.69) is 5.32 Å². The molecule has 0 aliphatic rings. The summed E-state index contributed by atoms with van der Waals surface area (Å²) < 4.78 is 11.7. The fraction of sp³-hybridized carbons (Fsp3) is 0.368. The van der Waals surface area contributed by atoms with Crippen LogP contribution >= 0.6 is 0 Å². The monoisotopic (exact) mass is 314 g/mol. The summed E-state index contributed by atoms with van der Waals surface area (Å²) in [5.41, 5.74) is 8.65. The van der Waals surface area contributed by atoms with E-state index in [1.165, 1.54) is 5.56 Å². The highest BCUT2D eigenvalue weighted by molar-refractivity contribution is 5.55. The minimum Gasteiger partial charge on any atom is -0.487 e. The van der Waals surface area contributed by atoms with Crippen LogP contribution in [0.25, 0.3) is 0 Å². The number of hydrogen-bond acceptors (Lipinski definition) is 4. The Bertz CT molecular complexity index is 622. The number of hydrogen-bond donors (Lipinski definition) is 2. The maximum absolute atomic E-state index is 5.87. The maximum atomic E-state index is 5.87. The van der Waals surface area contributed by atoms with E-state index in [9.17, 15) is 0 Å². The number of rotatable bonds is 7. The fourth-order valence-corrected chi connectivity index (χ4v) is 2.15. The van der Waals surface area contributed by atoms with Crippen molar-refractivity contribution in [1.82, 2.24) is 0 Å². The highest BCUT2D eigenvalue weighted by Gasteiger charge is 2.10. The highest BCUT2D eigenvalue weighted by atomic mass is 16.5. The molecule has 0 fully saturated rings. The minimum atomic E-state index is 0.0943. The van der Waals surface area contributed by atoms with Gasteiger partial charge in [-0.15, -0.1) is 0 Å². The Kier molecular flexibility index (Phi) is 5.74. The summed E-state index contributed by atoms with van der Waals surface area (Å²) in [5, 5.41) is 3.40. The van der Waals surface area contributed by atoms with Crippen LogP contribution in [0.4, 0.5) is 11.4 Å². The van der Waals surface area contributed by atoms with Gasteiger partial charge in [-0.1, -0.05) is 12.1 Å². The molecule has 0 unspecified atom stereocenters. The number of benzene rings is 2. The quantitative estimate of drug-likeness (QED) is 0.741. The Balaban J connectivity index is 2.10. The summed E-state index contributed by atoms with van der Waals surface area (Å²) in [5.74, 6) is 1.53. The van der Waals surface area contributed by atoms with Crippen molar-refractivity contribution in [3.05, 3.63) is 48.0 Å². The van der Waals surface area contributed by atoms with Crippen molar-refractivity contribution in [3.63, 3.8) is 0 Å². The molecule has 2 rings (SSSR count). The fourth-order valence-electron chi connectivity index (χ4n) is 2.15. The molecule has 124 valence electrons. The van der Waals surface area contributed by atoms with Gasteiger partial charge >= 0.3 is 0 Å². The molecule has 2 aromatic carbocycles. The molecule has 0 bridgehead atoms. The van der Waals surface area contributed by atoms with Gasteiger partial charge in [-0.3, -0.25) is 0 Å². The second-order valence-corrected chi connectivity index (χ2v) is 6.09. The summed E-state index contributed by atoms with van der Waals surface area (Å²) in [6, 6.07) is 13.8. The third-order valence-electron chi connectivity index (χ3n) is 3.15. The molecular formula is C19H26N2O2. The minimum absolute atomic E-state index is 0.0943. The third kappa shape index (κ3) is 5.40. The molecule has 4 nitrogen and oxygen atoms in total. The Labute approximate surface area is 138 Å². The van der Waals surface area contributed by atoms with Crippen molar-refractivity contribution in [2.75, 3.05) is 11.1 Å². The van der Waals surface area contributed by atoms with E-state index in [0.717, 1.165) is 29.4 Å². The van der Waals surface area contributed by atoms with Gasteiger partial charge in [0.05, 0.1) is 12.2 Å². The van der Waals surface area contributed by atoms with E-state index < -0.39 is 0 Å². The molecule has 0 atom stereocenters. The SMILES string of the molecule is CC(C)Oc1ccc(NCc2ccc(N)cc2)cc1OC(C)C. The molecule has 0 spiro atoms. The first-order chi connectivity index (χ1) is 10.9. The standard InChI is InChI=1S/C19H26N2O2/c1-13(2)22-18-10-9-17(11-19(18)23-14(3)4)21-12-15-5-7-16(20)8-6-15/h5-11,13-14,21H,12,20H2,1-4H3. The summed E-state index contributed by atoms with van der Waals surface area (Å²) in [6.45, 7) is 8.76. The van der Waals surface area contributed by atoms with Gasteiger partial charge in [0.25, 0.3) is 0 Å². The van der Waals surface area contributed by atoms with Gasteiger partial charge in [0.15, 0.2) is 11.5 Å². The first-order valence-corrected chi connectivity index (χ1v) is 7.99. The topological polar surface area (TPSA) is 56.5 Å². The molecule has 0 heterocycles. The lowest BCUT2D eigenvalue weighted by Crippen LogP contribution is -2.11. The van der Waals surface area contributed by atoms with Crippen LogP contribution in [0.1, 0.15) is 33.3 Å². The van der Waals surface area contributed by atoms with Crippen molar-refractivity contribution in [3.8, 4) is 11.5 Å².